The van der Waals surface area contributed by atoms with Crippen molar-refractivity contribution in [1.82, 2.24) is 20.9 Å². The third-order valence-corrected chi connectivity index (χ3v) is 6.65. The summed E-state index contributed by atoms with van der Waals surface area (Å²) < 4.78 is 0. The lowest BCUT2D eigenvalue weighted by atomic mass is 9.95. The van der Waals surface area contributed by atoms with Crippen molar-refractivity contribution in [1.29, 1.82) is 5.26 Å². The molecule has 3 atom stereocenters. The van der Waals surface area contributed by atoms with Crippen molar-refractivity contribution in [2.45, 2.75) is 76.4 Å². The van der Waals surface area contributed by atoms with E-state index in [-0.39, 0.29) is 29.2 Å². The molecule has 2 heterocycles. The normalized spacial score (nSPS) is 23.4. The molecule has 1 aliphatic heterocycles. The van der Waals surface area contributed by atoms with Gasteiger partial charge in [-0.2, -0.15) is 5.26 Å². The van der Waals surface area contributed by atoms with Gasteiger partial charge in [0.1, 0.15) is 17.8 Å². The average Bonchev–Trinajstić information content (AvgIpc) is 3.60. The fraction of sp³-hybridized carbons (Fsp3) is 0.636. The minimum Gasteiger partial charge on any atom is -0.354 e. The highest BCUT2D eigenvalue weighted by atomic mass is 16.2. The lowest BCUT2D eigenvalue weighted by Gasteiger charge is -2.21. The van der Waals surface area contributed by atoms with Gasteiger partial charge in [-0.25, -0.2) is 0 Å². The van der Waals surface area contributed by atoms with E-state index in [0.29, 0.717) is 24.5 Å². The number of aromatic nitrogens is 1. The number of nitriles is 1. The standard InChI is InChI=1S/C22H29N5O3/c1-12-7-17(24-13(12)2)21(30)26-18(8-14-3-4-14)20(29)25-16(11-23)9-15-10-22(5-6-22)27-19(15)28/h7,14-16,18,24H,3-6,8-10H2,1-2H3,(H,25,29)(H,26,30)(H,27,28)/t15-,16+,18+/m1/s1. The van der Waals surface area contributed by atoms with Gasteiger partial charge in [-0.3, -0.25) is 14.4 Å². The van der Waals surface area contributed by atoms with Crippen molar-refractivity contribution in [2.24, 2.45) is 11.8 Å². The van der Waals surface area contributed by atoms with Crippen molar-refractivity contribution in [2.75, 3.05) is 0 Å². The fourth-order valence-corrected chi connectivity index (χ4v) is 4.29. The summed E-state index contributed by atoms with van der Waals surface area (Å²) in [5.41, 5.74) is 2.26. The van der Waals surface area contributed by atoms with E-state index in [1.54, 1.807) is 6.07 Å². The molecule has 3 fully saturated rings. The number of rotatable bonds is 8. The Labute approximate surface area is 176 Å². The number of hydrogen-bond acceptors (Lipinski definition) is 4. The zero-order chi connectivity index (χ0) is 21.5. The van der Waals surface area contributed by atoms with E-state index in [0.717, 1.165) is 43.4 Å². The van der Waals surface area contributed by atoms with Gasteiger partial charge in [0.15, 0.2) is 0 Å². The molecule has 160 valence electrons. The molecule has 4 N–H and O–H groups in total. The van der Waals surface area contributed by atoms with Crippen LogP contribution in [0.1, 0.15) is 66.7 Å². The van der Waals surface area contributed by atoms with Crippen molar-refractivity contribution >= 4 is 17.7 Å². The molecule has 1 aromatic heterocycles. The van der Waals surface area contributed by atoms with Crippen LogP contribution < -0.4 is 16.0 Å². The predicted molar refractivity (Wildman–Crippen MR) is 109 cm³/mol. The molecular formula is C22H29N5O3. The van der Waals surface area contributed by atoms with Gasteiger partial charge in [0.05, 0.1) is 6.07 Å². The molecule has 2 aliphatic carbocycles. The van der Waals surface area contributed by atoms with Crippen molar-refractivity contribution in [3.63, 3.8) is 0 Å². The van der Waals surface area contributed by atoms with Gasteiger partial charge in [-0.05, 0) is 63.5 Å². The van der Waals surface area contributed by atoms with Gasteiger partial charge in [0, 0.05) is 17.2 Å². The van der Waals surface area contributed by atoms with Gasteiger partial charge in [-0.1, -0.05) is 12.8 Å². The maximum absolute atomic E-state index is 12.9. The van der Waals surface area contributed by atoms with Crippen LogP contribution in [-0.2, 0) is 9.59 Å². The third-order valence-electron chi connectivity index (χ3n) is 6.65. The first kappa shape index (κ1) is 20.5. The van der Waals surface area contributed by atoms with E-state index in [4.69, 9.17) is 0 Å². The smallest absolute Gasteiger partial charge is 0.268 e. The largest absolute Gasteiger partial charge is 0.354 e. The molecule has 0 bridgehead atoms. The highest BCUT2D eigenvalue weighted by molar-refractivity contribution is 5.96. The van der Waals surface area contributed by atoms with Crippen LogP contribution in [0.15, 0.2) is 6.07 Å². The predicted octanol–water partition coefficient (Wildman–Crippen LogP) is 1.60. The van der Waals surface area contributed by atoms with Crippen LogP contribution >= 0.6 is 0 Å². The van der Waals surface area contributed by atoms with Crippen LogP contribution in [0, 0.1) is 37.0 Å². The average molecular weight is 412 g/mol. The topological polar surface area (TPSA) is 127 Å². The Balaban J connectivity index is 1.37. The van der Waals surface area contributed by atoms with Gasteiger partial charge in [-0.15, -0.1) is 0 Å². The van der Waals surface area contributed by atoms with Gasteiger partial charge >= 0.3 is 0 Å². The SMILES string of the molecule is Cc1cc(C(=O)N[C@@H](CC2CC2)C(=O)N[C@H](C#N)C[C@@H]2CC3(CC3)NC2=O)[nH]c1C. The number of H-pyrrole nitrogens is 1. The number of amides is 3. The van der Waals surface area contributed by atoms with Crippen molar-refractivity contribution < 1.29 is 14.4 Å². The molecule has 8 nitrogen and oxygen atoms in total. The molecule has 30 heavy (non-hydrogen) atoms. The molecule has 2 saturated carbocycles. The van der Waals surface area contributed by atoms with Crippen LogP contribution in [-0.4, -0.2) is 40.3 Å². The second-order valence-corrected chi connectivity index (χ2v) is 9.29. The summed E-state index contributed by atoms with van der Waals surface area (Å²) in [6, 6.07) is 2.43. The molecule has 0 unspecified atom stereocenters. The molecule has 3 amide bonds. The number of aryl methyl sites for hydroxylation is 2. The quantitative estimate of drug-likeness (QED) is 0.518. The number of nitrogens with one attached hydrogen (secondary N) is 4. The molecule has 0 aromatic carbocycles. The maximum Gasteiger partial charge on any atom is 0.268 e. The third kappa shape index (κ3) is 4.50. The lowest BCUT2D eigenvalue weighted by Crippen LogP contribution is -2.50. The fourth-order valence-electron chi connectivity index (χ4n) is 4.29. The second-order valence-electron chi connectivity index (χ2n) is 9.29. The van der Waals surface area contributed by atoms with Crippen LogP contribution in [0.5, 0.6) is 0 Å². The number of hydrogen-bond donors (Lipinski definition) is 4. The first-order chi connectivity index (χ1) is 14.3. The molecule has 0 radical (unpaired) electrons. The number of aromatic amines is 1. The summed E-state index contributed by atoms with van der Waals surface area (Å²) in [5.74, 6) is -0.544. The van der Waals surface area contributed by atoms with E-state index >= 15 is 0 Å². The summed E-state index contributed by atoms with van der Waals surface area (Å²) in [6.07, 6.45) is 5.67. The van der Waals surface area contributed by atoms with Crippen LogP contribution in [0.4, 0.5) is 0 Å². The van der Waals surface area contributed by atoms with E-state index in [9.17, 15) is 19.6 Å². The summed E-state index contributed by atoms with van der Waals surface area (Å²) in [5, 5.41) is 18.2. The van der Waals surface area contributed by atoms with E-state index < -0.39 is 12.1 Å². The maximum atomic E-state index is 12.9. The second kappa shape index (κ2) is 7.78. The zero-order valence-corrected chi connectivity index (χ0v) is 17.5. The highest BCUT2D eigenvalue weighted by Gasteiger charge is 2.52. The summed E-state index contributed by atoms with van der Waals surface area (Å²) in [4.78, 5) is 40.8. The van der Waals surface area contributed by atoms with E-state index in [1.807, 2.05) is 13.8 Å². The minimum absolute atomic E-state index is 0.0256. The van der Waals surface area contributed by atoms with Crippen LogP contribution in [0.25, 0.3) is 0 Å². The summed E-state index contributed by atoms with van der Waals surface area (Å²) >= 11 is 0. The Hall–Kier alpha value is -2.82. The lowest BCUT2D eigenvalue weighted by molar-refractivity contribution is -0.125. The van der Waals surface area contributed by atoms with E-state index in [1.165, 1.54) is 0 Å². The molecular weight excluding hydrogens is 382 g/mol. The Morgan fingerprint density at radius 2 is 2.00 bits per heavy atom. The molecule has 3 aliphatic rings. The van der Waals surface area contributed by atoms with E-state index in [2.05, 4.69) is 27.0 Å². The zero-order valence-electron chi connectivity index (χ0n) is 17.5. The Kier molecular flexibility index (Phi) is 5.31. The first-order valence-electron chi connectivity index (χ1n) is 10.8. The molecule has 1 saturated heterocycles. The van der Waals surface area contributed by atoms with Gasteiger partial charge < -0.3 is 20.9 Å². The Morgan fingerprint density at radius 3 is 2.53 bits per heavy atom. The van der Waals surface area contributed by atoms with Gasteiger partial charge in [0.25, 0.3) is 5.91 Å². The van der Waals surface area contributed by atoms with Crippen molar-refractivity contribution in [3.8, 4) is 6.07 Å². The first-order valence-corrected chi connectivity index (χ1v) is 10.8. The Morgan fingerprint density at radius 1 is 1.27 bits per heavy atom. The minimum atomic E-state index is -0.754. The number of nitrogens with zero attached hydrogens (tertiary/aromatic N) is 1. The summed E-state index contributed by atoms with van der Waals surface area (Å²) in [7, 11) is 0. The number of carbonyl (C=O) groups is 3. The monoisotopic (exact) mass is 411 g/mol. The van der Waals surface area contributed by atoms with Gasteiger partial charge in [0.2, 0.25) is 11.8 Å². The van der Waals surface area contributed by atoms with Crippen molar-refractivity contribution in [3.05, 3.63) is 23.0 Å². The molecule has 8 heteroatoms. The highest BCUT2D eigenvalue weighted by Crippen LogP contribution is 2.46. The molecule has 1 aromatic rings. The van der Waals surface area contributed by atoms with Crippen LogP contribution in [0.3, 0.4) is 0 Å². The Bertz CT molecular complexity index is 887. The number of carbonyl (C=O) groups excluding carboxylic acids is 3. The summed E-state index contributed by atoms with van der Waals surface area (Å²) in [6.45, 7) is 3.81. The molecule has 1 spiro atoms. The van der Waals surface area contributed by atoms with Crippen LogP contribution in [0.2, 0.25) is 0 Å². The molecule has 4 rings (SSSR count).